The molecule has 0 aromatic carbocycles. The number of nitrogens with zero attached hydrogens (tertiary/aromatic N) is 4. The Bertz CT molecular complexity index is 695. The van der Waals surface area contributed by atoms with Crippen LogP contribution in [0.3, 0.4) is 0 Å². The van der Waals surface area contributed by atoms with Gasteiger partial charge in [-0.2, -0.15) is 10.4 Å². The monoisotopic (exact) mass is 281 g/mol. The molecule has 0 fully saturated rings. The summed E-state index contributed by atoms with van der Waals surface area (Å²) in [7, 11) is 1.98. The molecular formula is C16H19N5. The number of aromatic amines is 1. The molecule has 2 aromatic heterocycles. The molecule has 1 aliphatic rings. The van der Waals surface area contributed by atoms with Gasteiger partial charge in [-0.15, -0.1) is 0 Å². The van der Waals surface area contributed by atoms with Crippen LogP contribution in [0.15, 0.2) is 12.3 Å². The van der Waals surface area contributed by atoms with E-state index in [0.29, 0.717) is 12.1 Å². The summed E-state index contributed by atoms with van der Waals surface area (Å²) in [6.45, 7) is 2.70. The third kappa shape index (κ3) is 2.62. The second-order valence-electron chi connectivity index (χ2n) is 5.66. The van der Waals surface area contributed by atoms with Crippen LogP contribution in [0.1, 0.15) is 40.9 Å². The molecule has 2 heterocycles. The zero-order chi connectivity index (χ0) is 14.8. The average molecular weight is 281 g/mol. The number of aryl methyl sites for hydroxylation is 3. The third-order valence-electron chi connectivity index (χ3n) is 4.10. The molecule has 1 N–H and O–H groups in total. The van der Waals surface area contributed by atoms with Crippen molar-refractivity contribution in [3.63, 3.8) is 0 Å². The van der Waals surface area contributed by atoms with Gasteiger partial charge in [-0.1, -0.05) is 0 Å². The van der Waals surface area contributed by atoms with Gasteiger partial charge in [-0.3, -0.25) is 5.10 Å². The molecular weight excluding hydrogens is 262 g/mol. The Morgan fingerprint density at radius 3 is 2.90 bits per heavy atom. The number of anilines is 1. The minimum Gasteiger partial charge on any atom is -0.354 e. The molecule has 1 aliphatic carbocycles. The van der Waals surface area contributed by atoms with Gasteiger partial charge in [0, 0.05) is 30.5 Å². The maximum absolute atomic E-state index is 9.41. The van der Waals surface area contributed by atoms with Crippen LogP contribution < -0.4 is 4.90 Å². The SMILES string of the molecule is Cc1[nH]ncc1CN(C)c1nc2c(cc1C#N)CCCC2. The Labute approximate surface area is 124 Å². The van der Waals surface area contributed by atoms with Crippen molar-refractivity contribution in [2.75, 3.05) is 11.9 Å². The fourth-order valence-corrected chi connectivity index (χ4v) is 2.86. The first-order chi connectivity index (χ1) is 10.2. The Hall–Kier alpha value is -2.35. The summed E-state index contributed by atoms with van der Waals surface area (Å²) < 4.78 is 0. The van der Waals surface area contributed by atoms with Crippen molar-refractivity contribution >= 4 is 5.82 Å². The standard InChI is InChI=1S/C16H19N5/c1-11-14(9-18-20-11)10-21(2)16-13(8-17)7-12-5-3-4-6-15(12)19-16/h7,9H,3-6,10H2,1-2H3,(H,18,20). The number of pyridine rings is 1. The highest BCUT2D eigenvalue weighted by atomic mass is 15.2. The molecule has 5 heteroatoms. The van der Waals surface area contributed by atoms with Crippen molar-refractivity contribution in [3.8, 4) is 6.07 Å². The highest BCUT2D eigenvalue weighted by Crippen LogP contribution is 2.26. The molecule has 5 nitrogen and oxygen atoms in total. The van der Waals surface area contributed by atoms with Crippen LogP contribution in [0.5, 0.6) is 0 Å². The highest BCUT2D eigenvalue weighted by molar-refractivity contribution is 5.56. The molecule has 0 bridgehead atoms. The second kappa shape index (κ2) is 5.57. The first-order valence-electron chi connectivity index (χ1n) is 7.32. The van der Waals surface area contributed by atoms with E-state index in [4.69, 9.17) is 4.98 Å². The molecule has 3 rings (SSSR count). The van der Waals surface area contributed by atoms with Gasteiger partial charge in [0.2, 0.25) is 0 Å². The van der Waals surface area contributed by atoms with Gasteiger partial charge < -0.3 is 4.90 Å². The molecule has 108 valence electrons. The lowest BCUT2D eigenvalue weighted by molar-refractivity contribution is 0.665. The van der Waals surface area contributed by atoms with Crippen molar-refractivity contribution in [3.05, 3.63) is 40.3 Å². The third-order valence-corrected chi connectivity index (χ3v) is 4.10. The fraction of sp³-hybridized carbons (Fsp3) is 0.438. The number of hydrogen-bond donors (Lipinski definition) is 1. The first kappa shape index (κ1) is 13.6. The Kier molecular flexibility index (Phi) is 3.61. The van der Waals surface area contributed by atoms with Crippen molar-refractivity contribution < 1.29 is 0 Å². The number of nitrogens with one attached hydrogen (secondary N) is 1. The van der Waals surface area contributed by atoms with Gasteiger partial charge in [0.15, 0.2) is 0 Å². The number of rotatable bonds is 3. The smallest absolute Gasteiger partial charge is 0.146 e. The highest BCUT2D eigenvalue weighted by Gasteiger charge is 2.18. The van der Waals surface area contributed by atoms with Crippen LogP contribution in [-0.4, -0.2) is 22.2 Å². The minimum atomic E-state index is 0.666. The van der Waals surface area contributed by atoms with Crippen LogP contribution in [0.2, 0.25) is 0 Å². The molecule has 0 saturated carbocycles. The van der Waals surface area contributed by atoms with Crippen LogP contribution in [0.4, 0.5) is 5.82 Å². The lowest BCUT2D eigenvalue weighted by atomic mass is 9.95. The Balaban J connectivity index is 1.93. The van der Waals surface area contributed by atoms with E-state index in [-0.39, 0.29) is 0 Å². The maximum atomic E-state index is 9.41. The predicted octanol–water partition coefficient (Wildman–Crippen LogP) is 2.50. The number of hydrogen-bond acceptors (Lipinski definition) is 4. The van der Waals surface area contributed by atoms with Gasteiger partial charge >= 0.3 is 0 Å². The van der Waals surface area contributed by atoms with E-state index in [1.54, 1.807) is 0 Å². The number of H-pyrrole nitrogens is 1. The van der Waals surface area contributed by atoms with Crippen molar-refractivity contribution in [2.24, 2.45) is 0 Å². The largest absolute Gasteiger partial charge is 0.354 e. The lowest BCUT2D eigenvalue weighted by Gasteiger charge is -2.23. The summed E-state index contributed by atoms with van der Waals surface area (Å²) >= 11 is 0. The summed E-state index contributed by atoms with van der Waals surface area (Å²) in [6, 6.07) is 4.32. The van der Waals surface area contributed by atoms with E-state index in [9.17, 15) is 5.26 Å². The Morgan fingerprint density at radius 2 is 2.19 bits per heavy atom. The fourth-order valence-electron chi connectivity index (χ4n) is 2.86. The van der Waals surface area contributed by atoms with E-state index < -0.39 is 0 Å². The molecule has 0 saturated heterocycles. The van der Waals surface area contributed by atoms with Gasteiger partial charge in [0.1, 0.15) is 11.9 Å². The number of fused-ring (bicyclic) bond motifs is 1. The molecule has 0 aliphatic heterocycles. The zero-order valence-corrected chi connectivity index (χ0v) is 12.5. The van der Waals surface area contributed by atoms with Crippen LogP contribution >= 0.6 is 0 Å². The number of nitriles is 1. The molecule has 0 unspecified atom stereocenters. The predicted molar refractivity (Wildman–Crippen MR) is 81.0 cm³/mol. The number of aromatic nitrogens is 3. The summed E-state index contributed by atoms with van der Waals surface area (Å²) in [5.74, 6) is 0.777. The average Bonchev–Trinajstić information content (AvgIpc) is 2.91. The van der Waals surface area contributed by atoms with Crippen LogP contribution in [0.25, 0.3) is 0 Å². The summed E-state index contributed by atoms with van der Waals surface area (Å²) in [4.78, 5) is 6.80. The molecule has 0 spiro atoms. The summed E-state index contributed by atoms with van der Waals surface area (Å²) in [5.41, 5.74) is 5.25. The van der Waals surface area contributed by atoms with Crippen LogP contribution in [0, 0.1) is 18.3 Å². The lowest BCUT2D eigenvalue weighted by Crippen LogP contribution is -2.21. The van der Waals surface area contributed by atoms with Gasteiger partial charge in [0.25, 0.3) is 0 Å². The van der Waals surface area contributed by atoms with E-state index in [0.717, 1.165) is 35.6 Å². The van der Waals surface area contributed by atoms with E-state index in [1.807, 2.05) is 31.1 Å². The maximum Gasteiger partial charge on any atom is 0.146 e. The molecule has 21 heavy (non-hydrogen) atoms. The molecule has 2 aromatic rings. The quantitative estimate of drug-likeness (QED) is 0.938. The normalized spacial score (nSPS) is 13.6. The first-order valence-corrected chi connectivity index (χ1v) is 7.32. The molecule has 0 amide bonds. The van der Waals surface area contributed by atoms with Crippen molar-refractivity contribution in [1.82, 2.24) is 15.2 Å². The minimum absolute atomic E-state index is 0.666. The second-order valence-corrected chi connectivity index (χ2v) is 5.66. The summed E-state index contributed by atoms with van der Waals surface area (Å²) in [5, 5.41) is 16.4. The zero-order valence-electron chi connectivity index (χ0n) is 12.5. The summed E-state index contributed by atoms with van der Waals surface area (Å²) in [6.07, 6.45) is 6.28. The van der Waals surface area contributed by atoms with E-state index >= 15 is 0 Å². The van der Waals surface area contributed by atoms with Gasteiger partial charge in [-0.25, -0.2) is 4.98 Å². The van der Waals surface area contributed by atoms with E-state index in [2.05, 4.69) is 16.3 Å². The van der Waals surface area contributed by atoms with E-state index in [1.165, 1.54) is 18.4 Å². The van der Waals surface area contributed by atoms with Crippen LogP contribution in [-0.2, 0) is 19.4 Å². The topological polar surface area (TPSA) is 68.6 Å². The molecule has 0 radical (unpaired) electrons. The van der Waals surface area contributed by atoms with Gasteiger partial charge in [0.05, 0.1) is 11.8 Å². The van der Waals surface area contributed by atoms with Gasteiger partial charge in [-0.05, 0) is 44.2 Å². The van der Waals surface area contributed by atoms with Crippen molar-refractivity contribution in [2.45, 2.75) is 39.2 Å². The molecule has 0 atom stereocenters. The Morgan fingerprint density at radius 1 is 1.38 bits per heavy atom. The van der Waals surface area contributed by atoms with Crippen molar-refractivity contribution in [1.29, 1.82) is 5.26 Å².